The average Bonchev–Trinajstić information content (AvgIpc) is 2.76. The van der Waals surface area contributed by atoms with Gasteiger partial charge in [-0.2, -0.15) is 11.3 Å². The van der Waals surface area contributed by atoms with Crippen LogP contribution in [-0.2, 0) is 12.8 Å². The van der Waals surface area contributed by atoms with E-state index in [4.69, 9.17) is 5.73 Å². The number of nitrogens with two attached hydrogens (primary N) is 1. The van der Waals surface area contributed by atoms with E-state index in [-0.39, 0.29) is 6.04 Å². The van der Waals surface area contributed by atoms with Gasteiger partial charge in [0.25, 0.3) is 0 Å². The van der Waals surface area contributed by atoms with Crippen LogP contribution < -0.4 is 5.73 Å². The first-order valence-electron chi connectivity index (χ1n) is 5.98. The Hall–Kier alpha value is -1.12. The van der Waals surface area contributed by atoms with Crippen LogP contribution in [0.15, 0.2) is 35.0 Å². The zero-order valence-corrected chi connectivity index (χ0v) is 11.3. The lowest BCUT2D eigenvalue weighted by molar-refractivity contribution is 0.661. The van der Waals surface area contributed by atoms with Crippen molar-refractivity contribution in [1.82, 2.24) is 0 Å². The molecule has 1 unspecified atom stereocenters. The van der Waals surface area contributed by atoms with Crippen molar-refractivity contribution in [3.8, 4) is 0 Å². The molecule has 1 atom stereocenters. The van der Waals surface area contributed by atoms with Gasteiger partial charge in [-0.3, -0.25) is 0 Å². The Morgan fingerprint density at radius 2 is 1.82 bits per heavy atom. The van der Waals surface area contributed by atoms with E-state index in [1.165, 1.54) is 22.3 Å². The summed E-state index contributed by atoms with van der Waals surface area (Å²) < 4.78 is 0. The standard InChI is InChI=1S/C15H19NS/c1-11-4-3-5-12(2)15(11)9-14(16)8-13-6-7-17-10-13/h3-7,10,14H,8-9,16H2,1-2H3. The second kappa shape index (κ2) is 5.48. The molecule has 2 rings (SSSR count). The first kappa shape index (κ1) is 12.3. The fraction of sp³-hybridized carbons (Fsp3) is 0.333. The number of aryl methyl sites for hydroxylation is 2. The molecule has 0 aliphatic rings. The molecule has 2 aromatic rings. The minimum absolute atomic E-state index is 0.212. The van der Waals surface area contributed by atoms with Gasteiger partial charge >= 0.3 is 0 Å². The van der Waals surface area contributed by atoms with Crippen LogP contribution in [0.2, 0.25) is 0 Å². The smallest absolute Gasteiger partial charge is 0.0120 e. The van der Waals surface area contributed by atoms with E-state index in [2.05, 4.69) is 48.9 Å². The number of benzene rings is 1. The Morgan fingerprint density at radius 3 is 2.41 bits per heavy atom. The van der Waals surface area contributed by atoms with E-state index in [1.807, 2.05) is 0 Å². The fourth-order valence-electron chi connectivity index (χ4n) is 2.22. The van der Waals surface area contributed by atoms with E-state index in [0.29, 0.717) is 0 Å². The summed E-state index contributed by atoms with van der Waals surface area (Å²) in [5.41, 5.74) is 11.7. The Balaban J connectivity index is 2.05. The van der Waals surface area contributed by atoms with E-state index in [0.717, 1.165) is 12.8 Å². The highest BCUT2D eigenvalue weighted by molar-refractivity contribution is 7.07. The highest BCUT2D eigenvalue weighted by atomic mass is 32.1. The maximum atomic E-state index is 6.24. The predicted octanol–water partition coefficient (Wildman–Crippen LogP) is 3.48. The third kappa shape index (κ3) is 3.18. The van der Waals surface area contributed by atoms with Crippen molar-refractivity contribution < 1.29 is 0 Å². The molecule has 90 valence electrons. The van der Waals surface area contributed by atoms with Gasteiger partial charge in [0.15, 0.2) is 0 Å². The zero-order chi connectivity index (χ0) is 12.3. The fourth-order valence-corrected chi connectivity index (χ4v) is 2.90. The van der Waals surface area contributed by atoms with Crippen LogP contribution in [0.3, 0.4) is 0 Å². The van der Waals surface area contributed by atoms with Gasteiger partial charge in [0.2, 0.25) is 0 Å². The van der Waals surface area contributed by atoms with Crippen molar-refractivity contribution in [2.75, 3.05) is 0 Å². The van der Waals surface area contributed by atoms with Crippen molar-refractivity contribution in [1.29, 1.82) is 0 Å². The number of hydrogen-bond donors (Lipinski definition) is 1. The van der Waals surface area contributed by atoms with E-state index >= 15 is 0 Å². The molecule has 0 radical (unpaired) electrons. The van der Waals surface area contributed by atoms with Crippen LogP contribution in [0.5, 0.6) is 0 Å². The van der Waals surface area contributed by atoms with E-state index in [9.17, 15) is 0 Å². The van der Waals surface area contributed by atoms with E-state index in [1.54, 1.807) is 11.3 Å². The van der Waals surface area contributed by atoms with Gasteiger partial charge < -0.3 is 5.73 Å². The largest absolute Gasteiger partial charge is 0.327 e. The SMILES string of the molecule is Cc1cccc(C)c1CC(N)Cc1ccsc1. The minimum atomic E-state index is 0.212. The van der Waals surface area contributed by atoms with Crippen LogP contribution >= 0.6 is 11.3 Å². The molecule has 0 saturated carbocycles. The summed E-state index contributed by atoms with van der Waals surface area (Å²) in [7, 11) is 0. The molecular weight excluding hydrogens is 226 g/mol. The quantitative estimate of drug-likeness (QED) is 0.877. The summed E-state index contributed by atoms with van der Waals surface area (Å²) in [6.07, 6.45) is 1.94. The zero-order valence-electron chi connectivity index (χ0n) is 10.4. The van der Waals surface area contributed by atoms with Gasteiger partial charge in [0, 0.05) is 6.04 Å². The van der Waals surface area contributed by atoms with Crippen molar-refractivity contribution >= 4 is 11.3 Å². The molecule has 0 bridgehead atoms. The minimum Gasteiger partial charge on any atom is -0.327 e. The molecular formula is C15H19NS. The molecule has 1 aromatic carbocycles. The van der Waals surface area contributed by atoms with Crippen molar-refractivity contribution in [2.45, 2.75) is 32.7 Å². The third-order valence-corrected chi connectivity index (χ3v) is 3.92. The maximum absolute atomic E-state index is 6.24. The number of hydrogen-bond acceptors (Lipinski definition) is 2. The highest BCUT2D eigenvalue weighted by Crippen LogP contribution is 2.17. The van der Waals surface area contributed by atoms with E-state index < -0.39 is 0 Å². The summed E-state index contributed by atoms with van der Waals surface area (Å²) in [5.74, 6) is 0. The van der Waals surface area contributed by atoms with Gasteiger partial charge in [-0.15, -0.1) is 0 Å². The molecule has 0 spiro atoms. The number of rotatable bonds is 4. The lowest BCUT2D eigenvalue weighted by atomic mass is 9.94. The summed E-state index contributed by atoms with van der Waals surface area (Å²) in [6, 6.07) is 8.82. The van der Waals surface area contributed by atoms with Crippen LogP contribution in [0.25, 0.3) is 0 Å². The van der Waals surface area contributed by atoms with Crippen molar-refractivity contribution in [3.05, 3.63) is 57.3 Å². The highest BCUT2D eigenvalue weighted by Gasteiger charge is 2.09. The molecule has 0 amide bonds. The summed E-state index contributed by atoms with van der Waals surface area (Å²) in [5, 5.41) is 4.30. The van der Waals surface area contributed by atoms with Gasteiger partial charge in [0.1, 0.15) is 0 Å². The summed E-state index contributed by atoms with van der Waals surface area (Å²) in [6.45, 7) is 4.33. The van der Waals surface area contributed by atoms with Gasteiger partial charge in [-0.1, -0.05) is 18.2 Å². The maximum Gasteiger partial charge on any atom is 0.0120 e. The van der Waals surface area contributed by atoms with Crippen LogP contribution in [-0.4, -0.2) is 6.04 Å². The van der Waals surface area contributed by atoms with Gasteiger partial charge in [-0.25, -0.2) is 0 Å². The topological polar surface area (TPSA) is 26.0 Å². The molecule has 0 aliphatic carbocycles. The average molecular weight is 245 g/mol. The Kier molecular flexibility index (Phi) is 3.97. The van der Waals surface area contributed by atoms with Gasteiger partial charge in [-0.05, 0) is 65.8 Å². The summed E-state index contributed by atoms with van der Waals surface area (Å²) >= 11 is 1.74. The lowest BCUT2D eigenvalue weighted by Crippen LogP contribution is -2.26. The van der Waals surface area contributed by atoms with Crippen molar-refractivity contribution in [2.24, 2.45) is 5.73 Å². The van der Waals surface area contributed by atoms with Crippen LogP contribution in [0.4, 0.5) is 0 Å². The van der Waals surface area contributed by atoms with Crippen LogP contribution in [0, 0.1) is 13.8 Å². The summed E-state index contributed by atoms with van der Waals surface area (Å²) in [4.78, 5) is 0. The molecule has 0 aliphatic heterocycles. The third-order valence-electron chi connectivity index (χ3n) is 3.19. The predicted molar refractivity (Wildman–Crippen MR) is 75.6 cm³/mol. The molecule has 1 aromatic heterocycles. The molecule has 0 saturated heterocycles. The Morgan fingerprint density at radius 1 is 1.12 bits per heavy atom. The van der Waals surface area contributed by atoms with Gasteiger partial charge in [0.05, 0.1) is 0 Å². The lowest BCUT2D eigenvalue weighted by Gasteiger charge is -2.15. The molecule has 1 nitrogen and oxygen atoms in total. The normalized spacial score (nSPS) is 12.6. The first-order valence-corrected chi connectivity index (χ1v) is 6.93. The molecule has 2 N–H and O–H groups in total. The molecule has 0 fully saturated rings. The molecule has 2 heteroatoms. The van der Waals surface area contributed by atoms with Crippen molar-refractivity contribution in [3.63, 3.8) is 0 Å². The Labute approximate surface area is 107 Å². The van der Waals surface area contributed by atoms with Crippen LogP contribution in [0.1, 0.15) is 22.3 Å². The number of thiophene rings is 1. The molecule has 1 heterocycles. The second-order valence-corrected chi connectivity index (χ2v) is 5.45. The Bertz CT molecular complexity index is 453. The second-order valence-electron chi connectivity index (χ2n) is 4.67. The first-order chi connectivity index (χ1) is 8.16. The molecule has 17 heavy (non-hydrogen) atoms. The monoisotopic (exact) mass is 245 g/mol.